The van der Waals surface area contributed by atoms with Crippen LogP contribution in [0.2, 0.25) is 0 Å². The van der Waals surface area contributed by atoms with Crippen LogP contribution in [0.5, 0.6) is 11.5 Å². The minimum absolute atomic E-state index is 0.188. The van der Waals surface area contributed by atoms with Crippen molar-refractivity contribution in [2.24, 2.45) is 0 Å². The molecular weight excluding hydrogens is 434 g/mol. The molecule has 2 aromatic rings. The van der Waals surface area contributed by atoms with Gasteiger partial charge < -0.3 is 20.1 Å². The van der Waals surface area contributed by atoms with Crippen LogP contribution in [0.1, 0.15) is 23.2 Å². The average molecular weight is 462 g/mol. The number of rotatable bonds is 8. The van der Waals surface area contributed by atoms with Gasteiger partial charge in [-0.15, -0.1) is 0 Å². The van der Waals surface area contributed by atoms with E-state index in [0.717, 1.165) is 6.42 Å². The van der Waals surface area contributed by atoms with Gasteiger partial charge in [0.2, 0.25) is 10.0 Å². The van der Waals surface area contributed by atoms with Crippen molar-refractivity contribution >= 4 is 27.5 Å². The summed E-state index contributed by atoms with van der Waals surface area (Å²) < 4.78 is 35.5. The second kappa shape index (κ2) is 10.5. The van der Waals surface area contributed by atoms with E-state index < -0.39 is 10.0 Å². The summed E-state index contributed by atoms with van der Waals surface area (Å²) in [7, 11) is -1.73. The summed E-state index contributed by atoms with van der Waals surface area (Å²) in [6.45, 7) is 0.558. The van der Waals surface area contributed by atoms with Crippen LogP contribution < -0.4 is 20.1 Å². The summed E-state index contributed by atoms with van der Waals surface area (Å²) in [4.78, 5) is 24.6. The third-order valence-corrected chi connectivity index (χ3v) is 6.30. The molecule has 9 nitrogen and oxygen atoms in total. The van der Waals surface area contributed by atoms with Gasteiger partial charge in [0, 0.05) is 36.4 Å². The molecule has 1 saturated heterocycles. The largest absolute Gasteiger partial charge is 0.497 e. The number of methoxy groups -OCH3 is 1. The maximum Gasteiger partial charge on any atom is 0.262 e. The number of carbonyl (C=O) groups is 2. The highest BCUT2D eigenvalue weighted by Crippen LogP contribution is 2.18. The first kappa shape index (κ1) is 23.6. The molecule has 0 radical (unpaired) electrons. The molecule has 0 aromatic heterocycles. The molecule has 1 heterocycles. The maximum absolute atomic E-state index is 12.5. The number of nitrogens with zero attached hydrogens (tertiary/aromatic N) is 1. The zero-order valence-electron chi connectivity index (χ0n) is 18.0. The molecule has 1 unspecified atom stereocenters. The molecule has 2 amide bonds. The summed E-state index contributed by atoms with van der Waals surface area (Å²) in [5, 5.41) is 5.60. The third kappa shape index (κ3) is 6.69. The molecule has 32 heavy (non-hydrogen) atoms. The van der Waals surface area contributed by atoms with Crippen molar-refractivity contribution in [2.45, 2.75) is 18.9 Å². The van der Waals surface area contributed by atoms with Crippen molar-refractivity contribution in [1.82, 2.24) is 9.62 Å². The topological polar surface area (TPSA) is 114 Å². The fourth-order valence-corrected chi connectivity index (χ4v) is 4.29. The summed E-state index contributed by atoms with van der Waals surface area (Å²) in [5.41, 5.74) is 1.02. The highest BCUT2D eigenvalue weighted by Gasteiger charge is 2.27. The van der Waals surface area contributed by atoms with Gasteiger partial charge in [-0.1, -0.05) is 6.07 Å². The van der Waals surface area contributed by atoms with E-state index in [1.54, 1.807) is 55.6 Å². The van der Waals surface area contributed by atoms with Crippen molar-refractivity contribution in [2.75, 3.05) is 38.4 Å². The van der Waals surface area contributed by atoms with Gasteiger partial charge in [0.1, 0.15) is 11.5 Å². The third-order valence-electron chi connectivity index (χ3n) is 5.03. The van der Waals surface area contributed by atoms with E-state index in [2.05, 4.69) is 10.6 Å². The fraction of sp³-hybridized carbons (Fsp3) is 0.364. The monoisotopic (exact) mass is 461 g/mol. The SMILES string of the molecule is COc1cccc(NC(=O)COc2ccc(C(=O)NC3CCCN(S(C)(=O)=O)C3)cc2)c1. The van der Waals surface area contributed by atoms with Crippen LogP contribution in [-0.2, 0) is 14.8 Å². The van der Waals surface area contributed by atoms with E-state index in [9.17, 15) is 18.0 Å². The van der Waals surface area contributed by atoms with E-state index >= 15 is 0 Å². The van der Waals surface area contributed by atoms with Crippen molar-refractivity contribution in [3.63, 3.8) is 0 Å². The number of hydrogen-bond acceptors (Lipinski definition) is 6. The number of amides is 2. The lowest BCUT2D eigenvalue weighted by molar-refractivity contribution is -0.118. The molecular formula is C22H27N3O6S. The van der Waals surface area contributed by atoms with E-state index in [1.165, 1.54) is 10.6 Å². The van der Waals surface area contributed by atoms with Crippen LogP contribution >= 0.6 is 0 Å². The van der Waals surface area contributed by atoms with Gasteiger partial charge in [-0.05, 0) is 49.2 Å². The average Bonchev–Trinajstić information content (AvgIpc) is 2.78. The van der Waals surface area contributed by atoms with Gasteiger partial charge in [0.15, 0.2) is 6.61 Å². The molecule has 0 spiro atoms. The number of carbonyl (C=O) groups excluding carboxylic acids is 2. The van der Waals surface area contributed by atoms with Crippen molar-refractivity contribution in [1.29, 1.82) is 0 Å². The van der Waals surface area contributed by atoms with Crippen LogP contribution in [-0.4, -0.2) is 63.6 Å². The minimum atomic E-state index is -3.28. The maximum atomic E-state index is 12.5. The lowest BCUT2D eigenvalue weighted by atomic mass is 10.1. The first-order chi connectivity index (χ1) is 15.2. The minimum Gasteiger partial charge on any atom is -0.497 e. The Labute approximate surface area is 187 Å². The Bertz CT molecular complexity index is 1060. The summed E-state index contributed by atoms with van der Waals surface area (Å²) in [5.74, 6) is 0.471. The fourth-order valence-electron chi connectivity index (χ4n) is 3.38. The predicted molar refractivity (Wildman–Crippen MR) is 120 cm³/mol. The normalized spacial score (nSPS) is 16.8. The van der Waals surface area contributed by atoms with Gasteiger partial charge >= 0.3 is 0 Å². The molecule has 2 aromatic carbocycles. The molecule has 3 rings (SSSR count). The summed E-state index contributed by atoms with van der Waals surface area (Å²) >= 11 is 0. The van der Waals surface area contributed by atoms with Gasteiger partial charge in [-0.25, -0.2) is 12.7 Å². The van der Waals surface area contributed by atoms with E-state index in [4.69, 9.17) is 9.47 Å². The van der Waals surface area contributed by atoms with Crippen molar-refractivity contribution < 1.29 is 27.5 Å². The zero-order chi connectivity index (χ0) is 23.1. The molecule has 10 heteroatoms. The first-order valence-electron chi connectivity index (χ1n) is 10.2. The van der Waals surface area contributed by atoms with Crippen LogP contribution in [0.3, 0.4) is 0 Å². The molecule has 1 aliphatic rings. The van der Waals surface area contributed by atoms with Gasteiger partial charge in [0.25, 0.3) is 11.8 Å². The number of sulfonamides is 1. The Morgan fingerprint density at radius 3 is 2.56 bits per heavy atom. The smallest absolute Gasteiger partial charge is 0.262 e. The van der Waals surface area contributed by atoms with Crippen molar-refractivity contribution in [3.05, 3.63) is 54.1 Å². The van der Waals surface area contributed by atoms with Gasteiger partial charge in [-0.2, -0.15) is 0 Å². The van der Waals surface area contributed by atoms with Crippen LogP contribution in [0.25, 0.3) is 0 Å². The molecule has 2 N–H and O–H groups in total. The Morgan fingerprint density at radius 1 is 1.12 bits per heavy atom. The molecule has 0 saturated carbocycles. The Balaban J connectivity index is 1.49. The number of benzene rings is 2. The molecule has 172 valence electrons. The molecule has 1 aliphatic heterocycles. The second-order valence-electron chi connectivity index (χ2n) is 7.53. The highest BCUT2D eigenvalue weighted by molar-refractivity contribution is 7.88. The summed E-state index contributed by atoms with van der Waals surface area (Å²) in [6, 6.07) is 13.2. The van der Waals surface area contributed by atoms with Crippen LogP contribution in [0.4, 0.5) is 5.69 Å². The lowest BCUT2D eigenvalue weighted by Gasteiger charge is -2.31. The number of piperidine rings is 1. The Morgan fingerprint density at radius 2 is 1.88 bits per heavy atom. The van der Waals surface area contributed by atoms with Gasteiger partial charge in [0.05, 0.1) is 13.4 Å². The highest BCUT2D eigenvalue weighted by atomic mass is 32.2. The van der Waals surface area contributed by atoms with E-state index in [1.807, 2.05) is 0 Å². The van der Waals surface area contributed by atoms with E-state index in [0.29, 0.717) is 35.7 Å². The first-order valence-corrected chi connectivity index (χ1v) is 12.0. The standard InChI is InChI=1S/C22H27N3O6S/c1-30-20-7-3-5-17(13-20)23-21(26)15-31-19-10-8-16(9-11-19)22(27)24-18-6-4-12-25(14-18)32(2,28)29/h3,5,7-11,13,18H,4,6,12,14-15H2,1-2H3,(H,23,26)(H,24,27). The van der Waals surface area contributed by atoms with Gasteiger partial charge in [-0.3, -0.25) is 9.59 Å². The molecule has 0 bridgehead atoms. The zero-order valence-corrected chi connectivity index (χ0v) is 18.9. The van der Waals surface area contributed by atoms with E-state index in [-0.39, 0.29) is 31.0 Å². The quantitative estimate of drug-likeness (QED) is 0.620. The van der Waals surface area contributed by atoms with Crippen LogP contribution in [0, 0.1) is 0 Å². The summed E-state index contributed by atoms with van der Waals surface area (Å²) in [6.07, 6.45) is 2.59. The number of nitrogens with one attached hydrogen (secondary N) is 2. The molecule has 0 aliphatic carbocycles. The Hall–Kier alpha value is -3.11. The van der Waals surface area contributed by atoms with Crippen molar-refractivity contribution in [3.8, 4) is 11.5 Å². The number of anilines is 1. The number of hydrogen-bond donors (Lipinski definition) is 2. The molecule has 1 fully saturated rings. The van der Waals surface area contributed by atoms with Crippen LogP contribution in [0.15, 0.2) is 48.5 Å². The lowest BCUT2D eigenvalue weighted by Crippen LogP contribution is -2.49. The second-order valence-corrected chi connectivity index (χ2v) is 9.51. The predicted octanol–water partition coefficient (Wildman–Crippen LogP) is 1.87. The molecule has 1 atom stereocenters. The number of ether oxygens (including phenoxy) is 2. The Kier molecular flexibility index (Phi) is 7.70.